The average Bonchev–Trinajstić information content (AvgIpc) is 2.99. The van der Waals surface area contributed by atoms with Crippen LogP contribution < -0.4 is 4.74 Å². The minimum absolute atomic E-state index is 0.00298. The molecule has 1 saturated heterocycles. The molecule has 146 valence electrons. The van der Waals surface area contributed by atoms with Crippen molar-refractivity contribution in [3.8, 4) is 5.75 Å². The Morgan fingerprint density at radius 2 is 1.86 bits per heavy atom. The lowest BCUT2D eigenvalue weighted by Crippen LogP contribution is -2.46. The Morgan fingerprint density at radius 1 is 1.07 bits per heavy atom. The number of carbonyl (C=O) groups is 2. The van der Waals surface area contributed by atoms with Crippen LogP contribution in [0, 0.1) is 0 Å². The van der Waals surface area contributed by atoms with Crippen molar-refractivity contribution in [1.29, 1.82) is 0 Å². The van der Waals surface area contributed by atoms with Crippen LogP contribution in [-0.2, 0) is 16.0 Å². The number of carbonyl (C=O) groups excluding carboxylic acids is 2. The highest BCUT2D eigenvalue weighted by Crippen LogP contribution is 2.33. The van der Waals surface area contributed by atoms with Gasteiger partial charge in [-0.3, -0.25) is 4.79 Å². The van der Waals surface area contributed by atoms with Crippen molar-refractivity contribution in [2.75, 3.05) is 13.7 Å². The molecule has 1 fully saturated rings. The molecule has 0 bridgehead atoms. The summed E-state index contributed by atoms with van der Waals surface area (Å²) in [5.41, 5.74) is 2.54. The summed E-state index contributed by atoms with van der Waals surface area (Å²) in [7, 11) is 1.64. The molecule has 0 radical (unpaired) electrons. The maximum absolute atomic E-state index is 13.4. The van der Waals surface area contributed by atoms with Crippen LogP contribution in [0.25, 0.3) is 0 Å². The number of hydrogen-bond acceptors (Lipinski definition) is 4. The van der Waals surface area contributed by atoms with Crippen molar-refractivity contribution < 1.29 is 19.1 Å². The number of amides is 1. The number of cyclic esters (lactones) is 1. The van der Waals surface area contributed by atoms with E-state index < -0.39 is 12.1 Å². The van der Waals surface area contributed by atoms with E-state index in [1.54, 1.807) is 13.2 Å². The third kappa shape index (κ3) is 3.61. The van der Waals surface area contributed by atoms with E-state index in [1.165, 1.54) is 0 Å². The van der Waals surface area contributed by atoms with Gasteiger partial charge in [0.2, 0.25) is 0 Å². The summed E-state index contributed by atoms with van der Waals surface area (Å²) in [6.45, 7) is 0.686. The van der Waals surface area contributed by atoms with Crippen LogP contribution in [0.15, 0.2) is 48.5 Å². The summed E-state index contributed by atoms with van der Waals surface area (Å²) in [4.78, 5) is 27.7. The molecule has 0 saturated carbocycles. The topological polar surface area (TPSA) is 55.8 Å². The van der Waals surface area contributed by atoms with Gasteiger partial charge in [-0.1, -0.05) is 43.2 Å². The number of ether oxygens (including phenoxy) is 2. The predicted octanol–water partition coefficient (Wildman–Crippen LogP) is 3.92. The normalized spacial score (nSPS) is 22.0. The third-order valence-electron chi connectivity index (χ3n) is 5.70. The largest absolute Gasteiger partial charge is 0.497 e. The fourth-order valence-corrected chi connectivity index (χ4v) is 4.20. The van der Waals surface area contributed by atoms with Crippen LogP contribution in [0.4, 0.5) is 0 Å². The van der Waals surface area contributed by atoms with E-state index in [-0.39, 0.29) is 11.9 Å². The lowest BCUT2D eigenvalue weighted by Gasteiger charge is -2.34. The van der Waals surface area contributed by atoms with Crippen molar-refractivity contribution >= 4 is 11.9 Å². The first-order valence-corrected chi connectivity index (χ1v) is 9.90. The molecule has 2 aromatic carbocycles. The fraction of sp³-hybridized carbons (Fsp3) is 0.391. The van der Waals surface area contributed by atoms with Gasteiger partial charge in [0.25, 0.3) is 5.91 Å². The Balaban J connectivity index is 1.59. The second kappa shape index (κ2) is 8.05. The third-order valence-corrected chi connectivity index (χ3v) is 5.70. The van der Waals surface area contributed by atoms with E-state index >= 15 is 0 Å². The summed E-state index contributed by atoms with van der Waals surface area (Å²) in [5, 5.41) is 0. The van der Waals surface area contributed by atoms with Gasteiger partial charge < -0.3 is 14.4 Å². The second-order valence-electron chi connectivity index (χ2n) is 7.43. The quantitative estimate of drug-likeness (QED) is 0.759. The summed E-state index contributed by atoms with van der Waals surface area (Å²) in [6, 6.07) is 15.3. The lowest BCUT2D eigenvalue weighted by atomic mass is 9.96. The van der Waals surface area contributed by atoms with Crippen molar-refractivity contribution in [1.82, 2.24) is 4.90 Å². The molecule has 1 amide bonds. The van der Waals surface area contributed by atoms with Gasteiger partial charge in [-0.05, 0) is 42.2 Å². The average molecular weight is 379 g/mol. The number of hydrogen-bond donors (Lipinski definition) is 0. The van der Waals surface area contributed by atoms with Gasteiger partial charge in [0.05, 0.1) is 18.7 Å². The first-order chi connectivity index (χ1) is 13.7. The summed E-state index contributed by atoms with van der Waals surface area (Å²) in [6.07, 6.45) is 3.75. The molecular weight excluding hydrogens is 354 g/mol. The monoisotopic (exact) mass is 379 g/mol. The smallest absolute Gasteiger partial charge is 0.339 e. The minimum atomic E-state index is -0.749. The fourth-order valence-electron chi connectivity index (χ4n) is 4.20. The number of nitrogens with zero attached hydrogens (tertiary/aromatic N) is 1. The van der Waals surface area contributed by atoms with Crippen LogP contribution >= 0.6 is 0 Å². The molecule has 0 unspecified atom stereocenters. The highest BCUT2D eigenvalue weighted by molar-refractivity contribution is 5.95. The zero-order valence-electron chi connectivity index (χ0n) is 16.1. The van der Waals surface area contributed by atoms with Crippen LogP contribution in [-0.4, -0.2) is 36.5 Å². The van der Waals surface area contributed by atoms with E-state index in [0.29, 0.717) is 18.5 Å². The van der Waals surface area contributed by atoms with E-state index in [4.69, 9.17) is 9.47 Å². The molecular formula is C23H25NO4. The lowest BCUT2D eigenvalue weighted by molar-refractivity contribution is -0.143. The van der Waals surface area contributed by atoms with Crippen molar-refractivity contribution in [2.24, 2.45) is 0 Å². The molecule has 0 spiro atoms. The van der Waals surface area contributed by atoms with Crippen molar-refractivity contribution in [2.45, 2.75) is 44.2 Å². The molecule has 28 heavy (non-hydrogen) atoms. The number of fused-ring (bicyclic) bond motifs is 1. The number of rotatable bonds is 3. The molecule has 2 atom stereocenters. The van der Waals surface area contributed by atoms with Gasteiger partial charge in [0.1, 0.15) is 5.75 Å². The summed E-state index contributed by atoms with van der Waals surface area (Å²) >= 11 is 0. The molecule has 0 aliphatic carbocycles. The highest BCUT2D eigenvalue weighted by Gasteiger charge is 2.37. The molecule has 2 aromatic rings. The standard InChI is InChI=1S/C23H25NO4/c1-27-18-12-10-16(11-13-18)20-9-3-2-6-14-24(20)22(25)21-15-17-7-4-5-8-19(17)23(26)28-21/h4-5,7-8,10-13,20-21H,2-3,6,9,14-15H2,1H3/t20-,21-/m0/s1. The second-order valence-corrected chi connectivity index (χ2v) is 7.43. The molecule has 2 heterocycles. The first kappa shape index (κ1) is 18.5. The van der Waals surface area contributed by atoms with Crippen LogP contribution in [0.5, 0.6) is 5.75 Å². The van der Waals surface area contributed by atoms with Crippen molar-refractivity contribution in [3.05, 3.63) is 65.2 Å². The van der Waals surface area contributed by atoms with E-state index in [2.05, 4.69) is 0 Å². The van der Waals surface area contributed by atoms with Crippen LogP contribution in [0.2, 0.25) is 0 Å². The van der Waals surface area contributed by atoms with Gasteiger partial charge >= 0.3 is 5.97 Å². The Bertz CT molecular complexity index is 861. The van der Waals surface area contributed by atoms with Gasteiger partial charge in [0, 0.05) is 13.0 Å². The maximum Gasteiger partial charge on any atom is 0.339 e. The van der Waals surface area contributed by atoms with Crippen molar-refractivity contribution in [3.63, 3.8) is 0 Å². The van der Waals surface area contributed by atoms with Gasteiger partial charge in [-0.15, -0.1) is 0 Å². The Hall–Kier alpha value is -2.82. The zero-order valence-corrected chi connectivity index (χ0v) is 16.1. The maximum atomic E-state index is 13.4. The molecule has 2 aliphatic heterocycles. The number of esters is 1. The molecule has 5 nitrogen and oxygen atoms in total. The Labute approximate surface area is 165 Å². The van der Waals surface area contributed by atoms with Crippen LogP contribution in [0.3, 0.4) is 0 Å². The van der Waals surface area contributed by atoms with E-state index in [9.17, 15) is 9.59 Å². The number of benzene rings is 2. The van der Waals surface area contributed by atoms with Gasteiger partial charge in [-0.25, -0.2) is 4.79 Å². The predicted molar refractivity (Wildman–Crippen MR) is 105 cm³/mol. The molecule has 0 aromatic heterocycles. The highest BCUT2D eigenvalue weighted by atomic mass is 16.5. The molecule has 2 aliphatic rings. The first-order valence-electron chi connectivity index (χ1n) is 9.90. The van der Waals surface area contributed by atoms with Gasteiger partial charge in [-0.2, -0.15) is 0 Å². The summed E-state index contributed by atoms with van der Waals surface area (Å²) in [5.74, 6) is 0.301. The molecule has 4 rings (SSSR count). The van der Waals surface area contributed by atoms with Gasteiger partial charge in [0.15, 0.2) is 6.10 Å². The number of likely N-dealkylation sites (tertiary alicyclic amines) is 1. The molecule has 0 N–H and O–H groups in total. The Morgan fingerprint density at radius 3 is 2.64 bits per heavy atom. The zero-order chi connectivity index (χ0) is 19.5. The minimum Gasteiger partial charge on any atom is -0.497 e. The summed E-state index contributed by atoms with van der Waals surface area (Å²) < 4.78 is 10.8. The van der Waals surface area contributed by atoms with E-state index in [1.807, 2.05) is 47.4 Å². The molecule has 5 heteroatoms. The van der Waals surface area contributed by atoms with Crippen LogP contribution in [0.1, 0.15) is 53.2 Å². The van der Waals surface area contributed by atoms with E-state index in [0.717, 1.165) is 42.6 Å². The SMILES string of the molecule is COc1ccc([C@@H]2CCCCCN2C(=O)[C@@H]2Cc3ccccc3C(=O)O2)cc1. The Kier molecular flexibility index (Phi) is 5.33. The number of methoxy groups -OCH3 is 1.